The van der Waals surface area contributed by atoms with Crippen molar-refractivity contribution in [1.82, 2.24) is 0 Å². The third kappa shape index (κ3) is 3.68. The summed E-state index contributed by atoms with van der Waals surface area (Å²) in [6, 6.07) is 13.7. The molecule has 0 fully saturated rings. The molecule has 0 heterocycles. The minimum absolute atomic E-state index is 0.0871. The van der Waals surface area contributed by atoms with Gasteiger partial charge in [-0.05, 0) is 31.2 Å². The van der Waals surface area contributed by atoms with Gasteiger partial charge < -0.3 is 0 Å². The maximum atomic E-state index is 12.2. The molecule has 0 aliphatic carbocycles. The monoisotopic (exact) mass is 289 g/mol. The number of anilines is 1. The molecule has 104 valence electrons. The molecule has 2 rings (SSSR count). The van der Waals surface area contributed by atoms with E-state index in [-0.39, 0.29) is 5.78 Å². The van der Waals surface area contributed by atoms with Gasteiger partial charge in [-0.15, -0.1) is 0 Å². The lowest BCUT2D eigenvalue weighted by Gasteiger charge is -2.05. The zero-order valence-electron chi connectivity index (χ0n) is 11.3. The van der Waals surface area contributed by atoms with Crippen LogP contribution in [0.2, 0.25) is 0 Å². The Labute approximate surface area is 118 Å². The van der Waals surface area contributed by atoms with Crippen molar-refractivity contribution in [1.29, 1.82) is 0 Å². The number of nitrogens with one attached hydrogen (secondary N) is 1. The number of ketones is 1. The van der Waals surface area contributed by atoms with Gasteiger partial charge in [-0.2, -0.15) is 0 Å². The standard InChI is InChI=1S/C15H15NO3S/c1-11-3-5-12(6-4-11)15(17)13-7-9-14(10-8-13)16-20(2,18)19/h3-10,16H,1-2H3. The van der Waals surface area contributed by atoms with E-state index in [0.717, 1.165) is 11.8 Å². The van der Waals surface area contributed by atoms with Crippen LogP contribution in [0.15, 0.2) is 48.5 Å². The van der Waals surface area contributed by atoms with E-state index in [1.165, 1.54) is 0 Å². The second-order valence-corrected chi connectivity index (χ2v) is 6.40. The minimum Gasteiger partial charge on any atom is -0.289 e. The maximum Gasteiger partial charge on any atom is 0.229 e. The Balaban J connectivity index is 2.21. The van der Waals surface area contributed by atoms with Crippen LogP contribution < -0.4 is 4.72 Å². The van der Waals surface area contributed by atoms with Crippen molar-refractivity contribution in [3.05, 3.63) is 65.2 Å². The molecule has 5 heteroatoms. The van der Waals surface area contributed by atoms with Gasteiger partial charge in [0.1, 0.15) is 0 Å². The van der Waals surface area contributed by atoms with E-state index < -0.39 is 10.0 Å². The molecule has 1 N–H and O–H groups in total. The number of hydrogen-bond acceptors (Lipinski definition) is 3. The molecule has 0 unspecified atom stereocenters. The highest BCUT2D eigenvalue weighted by Gasteiger charge is 2.09. The molecule has 0 radical (unpaired) electrons. The molecule has 4 nitrogen and oxygen atoms in total. The van der Waals surface area contributed by atoms with Gasteiger partial charge in [0.25, 0.3) is 0 Å². The van der Waals surface area contributed by atoms with E-state index >= 15 is 0 Å². The molecule has 0 saturated heterocycles. The number of carbonyl (C=O) groups is 1. The maximum absolute atomic E-state index is 12.2. The fraction of sp³-hybridized carbons (Fsp3) is 0.133. The summed E-state index contributed by atoms with van der Waals surface area (Å²) in [5.41, 5.74) is 2.66. The first kappa shape index (κ1) is 14.3. The predicted molar refractivity (Wildman–Crippen MR) is 79.5 cm³/mol. The number of sulfonamides is 1. The second kappa shape index (κ2) is 5.46. The first-order valence-electron chi connectivity index (χ1n) is 6.04. The van der Waals surface area contributed by atoms with Crippen molar-refractivity contribution >= 4 is 21.5 Å². The normalized spacial score (nSPS) is 11.1. The summed E-state index contributed by atoms with van der Waals surface area (Å²) in [4.78, 5) is 12.2. The largest absolute Gasteiger partial charge is 0.289 e. The third-order valence-electron chi connectivity index (χ3n) is 2.76. The van der Waals surface area contributed by atoms with Gasteiger partial charge in [0, 0.05) is 16.8 Å². The van der Waals surface area contributed by atoms with Crippen molar-refractivity contribution in [3.8, 4) is 0 Å². The molecule has 0 atom stereocenters. The number of rotatable bonds is 4. The van der Waals surface area contributed by atoms with Gasteiger partial charge >= 0.3 is 0 Å². The summed E-state index contributed by atoms with van der Waals surface area (Å²) in [5, 5.41) is 0. The highest BCUT2D eigenvalue weighted by Crippen LogP contribution is 2.15. The fourth-order valence-electron chi connectivity index (χ4n) is 1.78. The van der Waals surface area contributed by atoms with E-state index in [0.29, 0.717) is 16.8 Å². The molecule has 0 bridgehead atoms. The fourth-order valence-corrected chi connectivity index (χ4v) is 2.34. The Bertz CT molecular complexity index is 717. The highest BCUT2D eigenvalue weighted by molar-refractivity contribution is 7.92. The van der Waals surface area contributed by atoms with Crippen LogP contribution in [-0.4, -0.2) is 20.5 Å². The number of benzene rings is 2. The molecule has 0 spiro atoms. The average Bonchev–Trinajstić information content (AvgIpc) is 2.38. The molecular weight excluding hydrogens is 274 g/mol. The second-order valence-electron chi connectivity index (χ2n) is 4.65. The summed E-state index contributed by atoms with van der Waals surface area (Å²) in [6.07, 6.45) is 1.08. The first-order valence-corrected chi connectivity index (χ1v) is 7.93. The van der Waals surface area contributed by atoms with E-state index in [2.05, 4.69) is 4.72 Å². The van der Waals surface area contributed by atoms with Crippen LogP contribution >= 0.6 is 0 Å². The zero-order chi connectivity index (χ0) is 14.8. The SMILES string of the molecule is Cc1ccc(C(=O)c2ccc(NS(C)(=O)=O)cc2)cc1. The Hall–Kier alpha value is -2.14. The van der Waals surface area contributed by atoms with Gasteiger partial charge in [0.2, 0.25) is 10.0 Å². The summed E-state index contributed by atoms with van der Waals surface area (Å²) in [5.74, 6) is -0.0871. The van der Waals surface area contributed by atoms with Crippen LogP contribution in [0.3, 0.4) is 0 Å². The molecule has 0 aromatic heterocycles. The molecule has 2 aromatic rings. The highest BCUT2D eigenvalue weighted by atomic mass is 32.2. The summed E-state index contributed by atoms with van der Waals surface area (Å²) < 4.78 is 24.5. The quantitative estimate of drug-likeness (QED) is 0.880. The van der Waals surface area contributed by atoms with E-state index in [1.54, 1.807) is 36.4 Å². The molecular formula is C15H15NO3S. The van der Waals surface area contributed by atoms with E-state index in [4.69, 9.17) is 0 Å². The molecule has 0 amide bonds. The smallest absolute Gasteiger partial charge is 0.229 e. The summed E-state index contributed by atoms with van der Waals surface area (Å²) in [7, 11) is -3.30. The van der Waals surface area contributed by atoms with Gasteiger partial charge in [-0.1, -0.05) is 29.8 Å². The molecule has 20 heavy (non-hydrogen) atoms. The Kier molecular flexibility index (Phi) is 3.90. The first-order chi connectivity index (χ1) is 9.35. The van der Waals surface area contributed by atoms with Gasteiger partial charge in [0.05, 0.1) is 6.26 Å². The van der Waals surface area contributed by atoms with Crippen molar-refractivity contribution in [2.75, 3.05) is 11.0 Å². The molecule has 0 aliphatic rings. The van der Waals surface area contributed by atoms with Crippen LogP contribution in [0.4, 0.5) is 5.69 Å². The van der Waals surface area contributed by atoms with Crippen molar-refractivity contribution in [2.45, 2.75) is 6.92 Å². The topological polar surface area (TPSA) is 63.2 Å². The van der Waals surface area contributed by atoms with Crippen LogP contribution in [0, 0.1) is 6.92 Å². The van der Waals surface area contributed by atoms with E-state index in [9.17, 15) is 13.2 Å². The number of hydrogen-bond donors (Lipinski definition) is 1. The van der Waals surface area contributed by atoms with Crippen molar-refractivity contribution in [2.24, 2.45) is 0 Å². The Morgan fingerprint density at radius 3 is 1.80 bits per heavy atom. The summed E-state index contributed by atoms with van der Waals surface area (Å²) >= 11 is 0. The van der Waals surface area contributed by atoms with E-state index in [1.807, 2.05) is 19.1 Å². The van der Waals surface area contributed by atoms with Gasteiger partial charge in [-0.3, -0.25) is 9.52 Å². The molecule has 0 aliphatic heterocycles. The minimum atomic E-state index is -3.30. The lowest BCUT2D eigenvalue weighted by atomic mass is 10.0. The third-order valence-corrected chi connectivity index (χ3v) is 3.37. The molecule has 2 aromatic carbocycles. The van der Waals surface area contributed by atoms with Crippen molar-refractivity contribution < 1.29 is 13.2 Å². The average molecular weight is 289 g/mol. The van der Waals surface area contributed by atoms with Crippen LogP contribution in [0.5, 0.6) is 0 Å². The lowest BCUT2D eigenvalue weighted by molar-refractivity contribution is 0.103. The Morgan fingerprint density at radius 1 is 0.900 bits per heavy atom. The number of carbonyl (C=O) groups excluding carboxylic acids is 1. The van der Waals surface area contributed by atoms with Crippen LogP contribution in [0.25, 0.3) is 0 Å². The van der Waals surface area contributed by atoms with Crippen LogP contribution in [0.1, 0.15) is 21.5 Å². The summed E-state index contributed by atoms with van der Waals surface area (Å²) in [6.45, 7) is 1.96. The Morgan fingerprint density at radius 2 is 1.35 bits per heavy atom. The lowest BCUT2D eigenvalue weighted by Crippen LogP contribution is -2.09. The zero-order valence-corrected chi connectivity index (χ0v) is 12.1. The van der Waals surface area contributed by atoms with Crippen LogP contribution in [-0.2, 0) is 10.0 Å². The van der Waals surface area contributed by atoms with Crippen molar-refractivity contribution in [3.63, 3.8) is 0 Å². The molecule has 0 saturated carbocycles. The van der Waals surface area contributed by atoms with Gasteiger partial charge in [-0.25, -0.2) is 8.42 Å². The number of aryl methyl sites for hydroxylation is 1. The predicted octanol–water partition coefficient (Wildman–Crippen LogP) is 2.60. The van der Waals surface area contributed by atoms with Gasteiger partial charge in [0.15, 0.2) is 5.78 Å².